The van der Waals surface area contributed by atoms with E-state index in [9.17, 15) is 4.79 Å². The van der Waals surface area contributed by atoms with Crippen LogP contribution in [0.1, 0.15) is 20.3 Å². The van der Waals surface area contributed by atoms with Crippen LogP contribution in [0.3, 0.4) is 0 Å². The molecule has 0 aliphatic rings. The van der Waals surface area contributed by atoms with E-state index in [2.05, 4.69) is 20.9 Å². The van der Waals surface area contributed by atoms with Crippen molar-refractivity contribution in [3.8, 4) is 0 Å². The number of nitrogens with zero attached hydrogens (tertiary/aromatic N) is 2. The molecule has 4 nitrogen and oxygen atoms in total. The third kappa shape index (κ3) is 4.46. The van der Waals surface area contributed by atoms with Crippen molar-refractivity contribution < 1.29 is 9.53 Å². The number of carbonyl (C=O) groups excluding carboxylic acids is 1. The van der Waals surface area contributed by atoms with Crippen LogP contribution >= 0.6 is 27.5 Å². The third-order valence-electron chi connectivity index (χ3n) is 2.21. The first-order valence-corrected chi connectivity index (χ1v) is 6.97. The second-order valence-electron chi connectivity index (χ2n) is 3.69. The summed E-state index contributed by atoms with van der Waals surface area (Å²) in [5, 5.41) is 0.554. The zero-order valence-corrected chi connectivity index (χ0v) is 12.8. The van der Waals surface area contributed by atoms with Gasteiger partial charge in [-0.2, -0.15) is 0 Å². The fraction of sp³-hybridized carbons (Fsp3) is 0.500. The lowest BCUT2D eigenvalue weighted by molar-refractivity contribution is -0.141. The number of aromatic nitrogens is 1. The summed E-state index contributed by atoms with van der Waals surface area (Å²) in [6.45, 7) is 5.13. The molecule has 0 saturated heterocycles. The van der Waals surface area contributed by atoms with Gasteiger partial charge in [-0.05, 0) is 35.3 Å². The second-order valence-corrected chi connectivity index (χ2v) is 4.98. The summed E-state index contributed by atoms with van der Waals surface area (Å²) in [7, 11) is 0. The molecule has 0 fully saturated rings. The van der Waals surface area contributed by atoms with E-state index in [-0.39, 0.29) is 12.5 Å². The normalized spacial score (nSPS) is 10.2. The highest BCUT2D eigenvalue weighted by Gasteiger charge is 2.15. The first kappa shape index (κ1) is 15.2. The van der Waals surface area contributed by atoms with E-state index in [4.69, 9.17) is 16.3 Å². The summed E-state index contributed by atoms with van der Waals surface area (Å²) in [6.07, 6.45) is 2.48. The molecule has 18 heavy (non-hydrogen) atoms. The lowest BCUT2D eigenvalue weighted by Gasteiger charge is -2.23. The molecule has 1 rings (SSSR count). The average Bonchev–Trinajstić information content (AvgIpc) is 2.29. The first-order valence-electron chi connectivity index (χ1n) is 5.80. The molecule has 0 radical (unpaired) electrons. The van der Waals surface area contributed by atoms with E-state index < -0.39 is 0 Å². The molecule has 0 atom stereocenters. The van der Waals surface area contributed by atoms with Crippen LogP contribution in [0, 0.1) is 0 Å². The lowest BCUT2D eigenvalue weighted by atomic mass is 10.3. The van der Waals surface area contributed by atoms with Crippen molar-refractivity contribution in [2.24, 2.45) is 0 Å². The average molecular weight is 336 g/mol. The number of halogens is 2. The fourth-order valence-electron chi connectivity index (χ4n) is 1.53. The summed E-state index contributed by atoms with van der Waals surface area (Å²) in [5.74, 6) is 0.448. The van der Waals surface area contributed by atoms with E-state index in [1.165, 1.54) is 0 Å². The van der Waals surface area contributed by atoms with Crippen LogP contribution in [0.4, 0.5) is 5.82 Å². The molecule has 1 aromatic heterocycles. The fourth-order valence-corrected chi connectivity index (χ4v) is 2.42. The molecule has 0 spiro atoms. The Balaban J connectivity index is 2.86. The number of hydrogen-bond donors (Lipinski definition) is 0. The Morgan fingerprint density at radius 3 is 2.83 bits per heavy atom. The highest BCUT2D eigenvalue weighted by Crippen LogP contribution is 2.26. The molecule has 0 saturated carbocycles. The van der Waals surface area contributed by atoms with Gasteiger partial charge in [-0.3, -0.25) is 4.79 Å². The molecular weight excluding hydrogens is 320 g/mol. The summed E-state index contributed by atoms with van der Waals surface area (Å²) >= 11 is 9.26. The molecule has 0 aliphatic carbocycles. The molecule has 0 unspecified atom stereocenters. The van der Waals surface area contributed by atoms with Gasteiger partial charge in [-0.25, -0.2) is 4.98 Å². The zero-order valence-electron chi connectivity index (χ0n) is 10.4. The lowest BCUT2D eigenvalue weighted by Crippen LogP contribution is -2.32. The van der Waals surface area contributed by atoms with Crippen LogP contribution in [0.2, 0.25) is 5.02 Å². The van der Waals surface area contributed by atoms with Crippen molar-refractivity contribution in [3.05, 3.63) is 21.8 Å². The molecule has 1 aromatic rings. The maximum atomic E-state index is 11.5. The van der Waals surface area contributed by atoms with E-state index in [0.29, 0.717) is 17.4 Å². The van der Waals surface area contributed by atoms with Crippen LogP contribution in [0.25, 0.3) is 0 Å². The zero-order chi connectivity index (χ0) is 13.5. The van der Waals surface area contributed by atoms with E-state index >= 15 is 0 Å². The molecule has 0 amide bonds. The van der Waals surface area contributed by atoms with E-state index in [1.807, 2.05) is 11.8 Å². The standard InChI is InChI=1S/C12H16BrClN2O2/c1-3-5-16(8-11(17)18-4-2)12-10(13)6-9(14)7-15-12/h6-7H,3-5,8H2,1-2H3. The van der Waals surface area contributed by atoms with Gasteiger partial charge in [0.25, 0.3) is 0 Å². The Kier molecular flexibility index (Phi) is 6.43. The Hall–Kier alpha value is -0.810. The molecule has 0 bridgehead atoms. The summed E-state index contributed by atoms with van der Waals surface area (Å²) < 4.78 is 5.73. The summed E-state index contributed by atoms with van der Waals surface area (Å²) in [6, 6.07) is 1.76. The monoisotopic (exact) mass is 334 g/mol. The number of hydrogen-bond acceptors (Lipinski definition) is 4. The molecule has 6 heteroatoms. The van der Waals surface area contributed by atoms with Crippen LogP contribution in [-0.2, 0) is 9.53 Å². The molecule has 0 aliphatic heterocycles. The number of rotatable bonds is 6. The Bertz CT molecular complexity index is 415. The summed E-state index contributed by atoms with van der Waals surface area (Å²) in [4.78, 5) is 17.7. The number of esters is 1. The van der Waals surface area contributed by atoms with Gasteiger partial charge in [0, 0.05) is 12.7 Å². The van der Waals surface area contributed by atoms with Crippen molar-refractivity contribution in [2.75, 3.05) is 24.6 Å². The SMILES string of the molecule is CCCN(CC(=O)OCC)c1ncc(Cl)cc1Br. The Labute approximate surface area is 120 Å². The predicted molar refractivity (Wildman–Crippen MR) is 76.1 cm³/mol. The van der Waals surface area contributed by atoms with Crippen molar-refractivity contribution in [3.63, 3.8) is 0 Å². The topological polar surface area (TPSA) is 42.4 Å². The van der Waals surface area contributed by atoms with Crippen LogP contribution in [-0.4, -0.2) is 30.6 Å². The van der Waals surface area contributed by atoms with Gasteiger partial charge in [0.1, 0.15) is 12.4 Å². The first-order chi connectivity index (χ1) is 8.58. The summed E-state index contributed by atoms with van der Waals surface area (Å²) in [5.41, 5.74) is 0. The number of ether oxygens (including phenoxy) is 1. The van der Waals surface area contributed by atoms with Gasteiger partial charge < -0.3 is 9.64 Å². The van der Waals surface area contributed by atoms with Crippen molar-refractivity contribution >= 4 is 39.3 Å². The smallest absolute Gasteiger partial charge is 0.325 e. The van der Waals surface area contributed by atoms with Crippen molar-refractivity contribution in [2.45, 2.75) is 20.3 Å². The second kappa shape index (κ2) is 7.59. The maximum absolute atomic E-state index is 11.5. The maximum Gasteiger partial charge on any atom is 0.325 e. The molecule has 0 N–H and O–H groups in total. The minimum absolute atomic E-state index is 0.189. The van der Waals surface area contributed by atoms with Crippen LogP contribution in [0.5, 0.6) is 0 Å². The molecule has 1 heterocycles. The molecule has 100 valence electrons. The number of carbonyl (C=O) groups is 1. The van der Waals surface area contributed by atoms with Gasteiger partial charge >= 0.3 is 5.97 Å². The highest BCUT2D eigenvalue weighted by molar-refractivity contribution is 9.10. The quantitative estimate of drug-likeness (QED) is 0.748. The van der Waals surface area contributed by atoms with Gasteiger partial charge in [-0.1, -0.05) is 18.5 Å². The van der Waals surface area contributed by atoms with Gasteiger partial charge in [0.05, 0.1) is 16.1 Å². The predicted octanol–water partition coefficient (Wildman–Crippen LogP) is 3.28. The van der Waals surface area contributed by atoms with Gasteiger partial charge in [0.2, 0.25) is 0 Å². The van der Waals surface area contributed by atoms with Crippen LogP contribution in [0.15, 0.2) is 16.7 Å². The minimum atomic E-state index is -0.255. The molecule has 0 aromatic carbocycles. The largest absolute Gasteiger partial charge is 0.465 e. The Morgan fingerprint density at radius 2 is 2.28 bits per heavy atom. The third-order valence-corrected chi connectivity index (χ3v) is 3.00. The van der Waals surface area contributed by atoms with E-state index in [0.717, 1.165) is 17.4 Å². The van der Waals surface area contributed by atoms with Gasteiger partial charge in [0.15, 0.2) is 0 Å². The number of anilines is 1. The minimum Gasteiger partial charge on any atom is -0.465 e. The van der Waals surface area contributed by atoms with E-state index in [1.54, 1.807) is 19.2 Å². The van der Waals surface area contributed by atoms with Gasteiger partial charge in [-0.15, -0.1) is 0 Å². The Morgan fingerprint density at radius 1 is 1.56 bits per heavy atom. The van der Waals surface area contributed by atoms with Crippen LogP contribution < -0.4 is 4.90 Å². The van der Waals surface area contributed by atoms with Crippen molar-refractivity contribution in [1.29, 1.82) is 0 Å². The number of pyridine rings is 1. The molecular formula is C12H16BrClN2O2. The van der Waals surface area contributed by atoms with Crippen molar-refractivity contribution in [1.82, 2.24) is 4.98 Å². The highest BCUT2D eigenvalue weighted by atomic mass is 79.9.